The first-order chi connectivity index (χ1) is 9.96. The molecular formula is C14H16N2O5. The number of β-amino-alcohol motifs (C(OH)–C–C–N with tert-alkyl or cyclic N) is 1. The summed E-state index contributed by atoms with van der Waals surface area (Å²) < 4.78 is 5.07. The summed E-state index contributed by atoms with van der Waals surface area (Å²) in [6.07, 6.45) is 1.96. The van der Waals surface area contributed by atoms with Gasteiger partial charge in [0.25, 0.3) is 11.6 Å². The van der Waals surface area contributed by atoms with Gasteiger partial charge >= 0.3 is 0 Å². The van der Waals surface area contributed by atoms with Crippen molar-refractivity contribution >= 4 is 11.6 Å². The average molecular weight is 292 g/mol. The zero-order chi connectivity index (χ0) is 15.2. The summed E-state index contributed by atoms with van der Waals surface area (Å²) in [7, 11) is 1.37. The Morgan fingerprint density at radius 3 is 2.67 bits per heavy atom. The minimum Gasteiger partial charge on any atom is -0.496 e. The minimum absolute atomic E-state index is 0.0529. The fourth-order valence-electron chi connectivity index (χ4n) is 2.85. The number of aliphatic hydroxyl groups is 1. The Labute approximate surface area is 121 Å². The number of carbonyl (C=O) groups is 1. The third-order valence-electron chi connectivity index (χ3n) is 4.19. The SMILES string of the molecule is COc1cccc([N+](=O)[O-])c1C(=O)N1CC(O)(C2CC2)C1. The summed E-state index contributed by atoms with van der Waals surface area (Å²) in [5.41, 5.74) is -1.14. The van der Waals surface area contributed by atoms with Crippen molar-refractivity contribution in [3.05, 3.63) is 33.9 Å². The lowest BCUT2D eigenvalue weighted by Gasteiger charge is -2.46. The number of carbonyl (C=O) groups excluding carboxylic acids is 1. The van der Waals surface area contributed by atoms with E-state index in [9.17, 15) is 20.0 Å². The Bertz CT molecular complexity index is 605. The Hall–Kier alpha value is -2.15. The second kappa shape index (κ2) is 4.70. The fraction of sp³-hybridized carbons (Fsp3) is 0.500. The maximum absolute atomic E-state index is 12.5. The standard InChI is InChI=1S/C14H16N2O5/c1-21-11-4-2-3-10(16(19)20)12(11)13(17)15-7-14(18,8-15)9-5-6-9/h2-4,9,18H,5-8H2,1H3. The van der Waals surface area contributed by atoms with E-state index in [1.54, 1.807) is 0 Å². The maximum atomic E-state index is 12.5. The molecule has 0 spiro atoms. The molecule has 2 aliphatic rings. The minimum atomic E-state index is -0.813. The van der Waals surface area contributed by atoms with Crippen LogP contribution in [0, 0.1) is 16.0 Å². The van der Waals surface area contributed by atoms with Gasteiger partial charge < -0.3 is 14.7 Å². The van der Waals surface area contributed by atoms with E-state index in [4.69, 9.17) is 4.74 Å². The van der Waals surface area contributed by atoms with E-state index in [1.165, 1.54) is 30.2 Å². The van der Waals surface area contributed by atoms with Gasteiger partial charge in [0, 0.05) is 6.07 Å². The molecule has 0 radical (unpaired) electrons. The zero-order valence-corrected chi connectivity index (χ0v) is 11.6. The molecule has 1 saturated carbocycles. The van der Waals surface area contributed by atoms with Gasteiger partial charge in [-0.05, 0) is 24.8 Å². The molecular weight excluding hydrogens is 276 g/mol. The second-order valence-electron chi connectivity index (χ2n) is 5.65. The van der Waals surface area contributed by atoms with Crippen molar-refractivity contribution in [2.45, 2.75) is 18.4 Å². The second-order valence-corrected chi connectivity index (χ2v) is 5.65. The van der Waals surface area contributed by atoms with Gasteiger partial charge in [0.15, 0.2) is 5.56 Å². The molecule has 1 aliphatic heterocycles. The number of nitro benzene ring substituents is 1. The van der Waals surface area contributed by atoms with Crippen LogP contribution in [-0.4, -0.2) is 46.6 Å². The molecule has 0 atom stereocenters. The Balaban J connectivity index is 1.86. The Morgan fingerprint density at radius 2 is 2.14 bits per heavy atom. The normalized spacial score (nSPS) is 19.8. The van der Waals surface area contributed by atoms with Crippen molar-refractivity contribution in [1.29, 1.82) is 0 Å². The molecule has 1 heterocycles. The van der Waals surface area contributed by atoms with E-state index < -0.39 is 16.4 Å². The molecule has 0 unspecified atom stereocenters. The number of nitro groups is 1. The summed E-state index contributed by atoms with van der Waals surface area (Å²) >= 11 is 0. The fourth-order valence-corrected chi connectivity index (χ4v) is 2.85. The molecule has 0 bridgehead atoms. The van der Waals surface area contributed by atoms with Gasteiger partial charge in [-0.3, -0.25) is 14.9 Å². The monoisotopic (exact) mass is 292 g/mol. The predicted molar refractivity (Wildman–Crippen MR) is 73.2 cm³/mol. The maximum Gasteiger partial charge on any atom is 0.285 e. The van der Waals surface area contributed by atoms with Gasteiger partial charge in [0.05, 0.1) is 25.1 Å². The van der Waals surface area contributed by atoms with Crippen molar-refractivity contribution in [3.63, 3.8) is 0 Å². The first-order valence-corrected chi connectivity index (χ1v) is 6.79. The topological polar surface area (TPSA) is 92.9 Å². The summed E-state index contributed by atoms with van der Waals surface area (Å²) in [6.45, 7) is 0.456. The van der Waals surface area contributed by atoms with E-state index in [1.807, 2.05) is 0 Å². The number of amides is 1. The highest BCUT2D eigenvalue weighted by Gasteiger charge is 2.54. The van der Waals surface area contributed by atoms with Gasteiger partial charge in [0.1, 0.15) is 11.4 Å². The van der Waals surface area contributed by atoms with Crippen molar-refractivity contribution in [3.8, 4) is 5.75 Å². The first kappa shape index (κ1) is 13.8. The van der Waals surface area contributed by atoms with Crippen LogP contribution >= 0.6 is 0 Å². The quantitative estimate of drug-likeness (QED) is 0.665. The van der Waals surface area contributed by atoms with E-state index in [2.05, 4.69) is 0 Å². The van der Waals surface area contributed by atoms with Crippen molar-refractivity contribution < 1.29 is 19.6 Å². The summed E-state index contributed by atoms with van der Waals surface area (Å²) in [5.74, 6) is -0.0326. The lowest BCUT2D eigenvalue weighted by atomic mass is 9.88. The molecule has 1 amide bonds. The molecule has 1 aromatic rings. The molecule has 7 heteroatoms. The lowest BCUT2D eigenvalue weighted by molar-refractivity contribution is -0.385. The molecule has 3 rings (SSSR count). The third kappa shape index (κ3) is 2.23. The molecule has 1 N–H and O–H groups in total. The Kier molecular flexibility index (Phi) is 3.09. The first-order valence-electron chi connectivity index (χ1n) is 6.79. The number of benzene rings is 1. The van der Waals surface area contributed by atoms with Crippen LogP contribution in [0.5, 0.6) is 5.75 Å². The summed E-state index contributed by atoms with van der Waals surface area (Å²) in [6, 6.07) is 4.28. The van der Waals surface area contributed by atoms with E-state index in [-0.39, 0.29) is 36.0 Å². The number of hydrogen-bond acceptors (Lipinski definition) is 5. The van der Waals surface area contributed by atoms with Crippen molar-refractivity contribution in [2.24, 2.45) is 5.92 Å². The third-order valence-corrected chi connectivity index (χ3v) is 4.19. The molecule has 2 fully saturated rings. The summed E-state index contributed by atoms with van der Waals surface area (Å²) in [4.78, 5) is 24.4. The molecule has 1 aliphatic carbocycles. The highest BCUT2D eigenvalue weighted by Crippen LogP contribution is 2.45. The molecule has 0 aromatic heterocycles. The van der Waals surface area contributed by atoms with Crippen LogP contribution in [-0.2, 0) is 0 Å². The predicted octanol–water partition coefficient (Wildman–Crippen LogP) is 1.20. The molecule has 112 valence electrons. The molecule has 7 nitrogen and oxygen atoms in total. The number of ether oxygens (including phenoxy) is 1. The van der Waals surface area contributed by atoms with Crippen LogP contribution in [0.4, 0.5) is 5.69 Å². The number of methoxy groups -OCH3 is 1. The van der Waals surface area contributed by atoms with Crippen LogP contribution in [0.3, 0.4) is 0 Å². The number of likely N-dealkylation sites (tertiary alicyclic amines) is 1. The van der Waals surface area contributed by atoms with Gasteiger partial charge in [-0.25, -0.2) is 0 Å². The van der Waals surface area contributed by atoms with Gasteiger partial charge in [0.2, 0.25) is 0 Å². The molecule has 1 saturated heterocycles. The zero-order valence-electron chi connectivity index (χ0n) is 11.6. The van der Waals surface area contributed by atoms with Crippen LogP contribution in [0.2, 0.25) is 0 Å². The van der Waals surface area contributed by atoms with Crippen LogP contribution in [0.25, 0.3) is 0 Å². The van der Waals surface area contributed by atoms with Gasteiger partial charge in [-0.2, -0.15) is 0 Å². The number of nitrogens with zero attached hydrogens (tertiary/aromatic N) is 2. The molecule has 21 heavy (non-hydrogen) atoms. The molecule has 1 aromatic carbocycles. The Morgan fingerprint density at radius 1 is 1.48 bits per heavy atom. The van der Waals surface area contributed by atoms with Gasteiger partial charge in [-0.1, -0.05) is 6.07 Å². The van der Waals surface area contributed by atoms with Crippen LogP contribution < -0.4 is 4.74 Å². The highest BCUT2D eigenvalue weighted by atomic mass is 16.6. The lowest BCUT2D eigenvalue weighted by Crippen LogP contribution is -2.64. The average Bonchev–Trinajstić information content (AvgIpc) is 3.26. The van der Waals surface area contributed by atoms with Gasteiger partial charge in [-0.15, -0.1) is 0 Å². The number of rotatable bonds is 4. The van der Waals surface area contributed by atoms with Crippen molar-refractivity contribution in [1.82, 2.24) is 4.90 Å². The van der Waals surface area contributed by atoms with E-state index in [0.29, 0.717) is 0 Å². The van der Waals surface area contributed by atoms with Crippen LogP contribution in [0.1, 0.15) is 23.2 Å². The van der Waals surface area contributed by atoms with E-state index >= 15 is 0 Å². The summed E-state index contributed by atoms with van der Waals surface area (Å²) in [5, 5.41) is 21.4. The highest BCUT2D eigenvalue weighted by molar-refractivity contribution is 6.01. The smallest absolute Gasteiger partial charge is 0.285 e. The van der Waals surface area contributed by atoms with E-state index in [0.717, 1.165) is 12.8 Å². The number of hydrogen-bond donors (Lipinski definition) is 1. The van der Waals surface area contributed by atoms with Crippen LogP contribution in [0.15, 0.2) is 18.2 Å². The van der Waals surface area contributed by atoms with Crippen molar-refractivity contribution in [2.75, 3.05) is 20.2 Å². The largest absolute Gasteiger partial charge is 0.496 e.